The first-order chi connectivity index (χ1) is 14.9. The van der Waals surface area contributed by atoms with Gasteiger partial charge in [-0.05, 0) is 48.5 Å². The molecule has 0 unspecified atom stereocenters. The minimum Gasteiger partial charge on any atom is -0.872 e. The van der Waals surface area contributed by atoms with Crippen LogP contribution < -0.4 is 21.0 Å². The zero-order valence-corrected chi connectivity index (χ0v) is 17.9. The summed E-state index contributed by atoms with van der Waals surface area (Å²) in [7, 11) is -1.53. The highest BCUT2D eigenvalue weighted by molar-refractivity contribution is 7.95. The molecule has 4 nitrogen and oxygen atoms in total. The van der Waals surface area contributed by atoms with E-state index in [4.69, 9.17) is 10.2 Å². The van der Waals surface area contributed by atoms with Crippen molar-refractivity contribution < 1.29 is 20.1 Å². The molecule has 0 radical (unpaired) electrons. The molecule has 0 aliphatic rings. The van der Waals surface area contributed by atoms with Crippen molar-refractivity contribution in [1.29, 1.82) is 0 Å². The van der Waals surface area contributed by atoms with Gasteiger partial charge in [0.15, 0.2) is 0 Å². The molecular weight excluding hydrogens is 407 g/mol. The number of aromatic carboxylic acids is 1. The van der Waals surface area contributed by atoms with Crippen molar-refractivity contribution in [3.8, 4) is 11.5 Å². The van der Waals surface area contributed by atoms with Crippen LogP contribution in [0.15, 0.2) is 109 Å². The molecule has 4 rings (SSSR count). The number of aromatic hydroxyl groups is 1. The minimum atomic E-state index is -1.53. The zero-order valence-electron chi connectivity index (χ0n) is 17.1. The van der Waals surface area contributed by atoms with Crippen LogP contribution >= 0.6 is 7.26 Å². The van der Waals surface area contributed by atoms with Crippen LogP contribution in [-0.2, 0) is 0 Å². The summed E-state index contributed by atoms with van der Waals surface area (Å²) in [4.78, 5) is 10.3. The molecule has 0 atom stereocenters. The van der Waals surface area contributed by atoms with Gasteiger partial charge in [-0.25, -0.2) is 4.79 Å². The molecule has 4 aromatic carbocycles. The minimum absolute atomic E-state index is 0.199. The van der Waals surface area contributed by atoms with Crippen LogP contribution in [0.1, 0.15) is 10.4 Å². The Morgan fingerprint density at radius 2 is 1.10 bits per heavy atom. The first-order valence-corrected chi connectivity index (χ1v) is 11.9. The lowest BCUT2D eigenvalue weighted by molar-refractivity contribution is -0.268. The number of phenols is 1. The van der Waals surface area contributed by atoms with Gasteiger partial charge in [-0.15, -0.1) is 5.75 Å². The molecule has 0 fully saturated rings. The average Bonchev–Trinajstić information content (AvgIpc) is 2.80. The van der Waals surface area contributed by atoms with Gasteiger partial charge in [0.1, 0.15) is 28.9 Å². The van der Waals surface area contributed by atoms with Crippen LogP contribution in [0.4, 0.5) is 0 Å². The lowest BCUT2D eigenvalue weighted by Crippen LogP contribution is -2.30. The summed E-state index contributed by atoms with van der Waals surface area (Å²) in [5, 5.41) is 32.0. The van der Waals surface area contributed by atoms with Crippen LogP contribution in [0.3, 0.4) is 0 Å². The highest BCUT2D eigenvalue weighted by Gasteiger charge is 2.39. The Morgan fingerprint density at radius 1 is 0.710 bits per heavy atom. The third-order valence-corrected chi connectivity index (χ3v) is 8.95. The number of carbonyl (C=O) groups is 1. The van der Waals surface area contributed by atoms with Gasteiger partial charge in [0.2, 0.25) is 0 Å². The van der Waals surface area contributed by atoms with Gasteiger partial charge < -0.3 is 15.3 Å². The van der Waals surface area contributed by atoms with E-state index >= 15 is 0 Å². The van der Waals surface area contributed by atoms with Crippen molar-refractivity contribution >= 4 is 29.1 Å². The summed E-state index contributed by atoms with van der Waals surface area (Å²) in [6.45, 7) is 2.41. The van der Waals surface area contributed by atoms with E-state index in [0.717, 1.165) is 18.2 Å². The number of carboxylic acid groups (broad SMARTS) is 1. The molecular formula is C26H23O4P. The molecule has 0 aliphatic heterocycles. The summed E-state index contributed by atoms with van der Waals surface area (Å²) >= 11 is 0. The fraction of sp³-hybridized carbons (Fsp3) is 0.0385. The Morgan fingerprint density at radius 3 is 1.42 bits per heavy atom. The number of carboxylic acids is 1. The van der Waals surface area contributed by atoms with Crippen LogP contribution in [0.2, 0.25) is 0 Å². The van der Waals surface area contributed by atoms with Crippen molar-refractivity contribution in [1.82, 2.24) is 0 Å². The topological polar surface area (TPSA) is 80.6 Å². The quantitative estimate of drug-likeness (QED) is 0.483. The maximum absolute atomic E-state index is 10.6. The van der Waals surface area contributed by atoms with E-state index in [1.807, 2.05) is 0 Å². The second-order valence-electron chi connectivity index (χ2n) is 7.03. The Bertz CT molecular complexity index is 1010. The summed E-state index contributed by atoms with van der Waals surface area (Å²) in [6.07, 6.45) is 0. The lowest BCUT2D eigenvalue weighted by atomic mass is 10.2. The van der Waals surface area contributed by atoms with E-state index in [0.29, 0.717) is 0 Å². The predicted molar refractivity (Wildman–Crippen MR) is 126 cm³/mol. The summed E-state index contributed by atoms with van der Waals surface area (Å²) in [6, 6.07) is 35.6. The molecule has 0 aromatic heterocycles. The van der Waals surface area contributed by atoms with Crippen molar-refractivity contribution in [2.75, 3.05) is 6.66 Å². The standard InChI is InChI=1S/C19H18P.C7H6O4/c1-20(17-11-5-2-6-12-17,18-13-7-3-8-14-18)19-15-9-4-10-16-19;8-5-1-4(7(10)11)2-6(9)3-5/h2-16H,1H3;1-3,8-9H,(H,10,11)/q+1;/p-1. The Kier molecular flexibility index (Phi) is 7.07. The van der Waals surface area contributed by atoms with Crippen LogP contribution in [-0.4, -0.2) is 22.8 Å². The third-order valence-electron chi connectivity index (χ3n) is 4.96. The van der Waals surface area contributed by atoms with E-state index in [-0.39, 0.29) is 11.3 Å². The number of phenolic OH excluding ortho intramolecular Hbond substituents is 1. The number of hydrogen-bond acceptors (Lipinski definition) is 3. The normalized spacial score (nSPS) is 10.6. The van der Waals surface area contributed by atoms with Gasteiger partial charge >= 0.3 is 5.97 Å². The molecule has 156 valence electrons. The van der Waals surface area contributed by atoms with Crippen LogP contribution in [0.25, 0.3) is 0 Å². The predicted octanol–water partition coefficient (Wildman–Crippen LogP) is 3.77. The fourth-order valence-corrected chi connectivity index (χ4v) is 6.53. The molecule has 2 N–H and O–H groups in total. The monoisotopic (exact) mass is 430 g/mol. The van der Waals surface area contributed by atoms with Crippen molar-refractivity contribution in [3.63, 3.8) is 0 Å². The van der Waals surface area contributed by atoms with Gasteiger partial charge in [0.25, 0.3) is 0 Å². The molecule has 31 heavy (non-hydrogen) atoms. The fourth-order valence-electron chi connectivity index (χ4n) is 3.33. The SMILES string of the molecule is C[P+](c1ccccc1)(c1ccccc1)c1ccccc1.O=C(O)c1cc([O-])cc(O)c1. The van der Waals surface area contributed by atoms with E-state index in [1.54, 1.807) is 0 Å². The molecule has 5 heteroatoms. The second-order valence-corrected chi connectivity index (χ2v) is 10.6. The van der Waals surface area contributed by atoms with Crippen molar-refractivity contribution in [3.05, 3.63) is 115 Å². The van der Waals surface area contributed by atoms with Crippen molar-refractivity contribution in [2.24, 2.45) is 0 Å². The highest BCUT2D eigenvalue weighted by atomic mass is 31.2. The number of rotatable bonds is 4. The van der Waals surface area contributed by atoms with Gasteiger partial charge in [-0.3, -0.25) is 0 Å². The Hall–Kier alpha value is -3.62. The van der Waals surface area contributed by atoms with E-state index in [1.165, 1.54) is 15.9 Å². The van der Waals surface area contributed by atoms with Gasteiger partial charge in [0, 0.05) is 0 Å². The molecule has 0 saturated carbocycles. The molecule has 0 amide bonds. The molecule has 0 saturated heterocycles. The van der Waals surface area contributed by atoms with Crippen molar-refractivity contribution in [2.45, 2.75) is 0 Å². The van der Waals surface area contributed by atoms with Gasteiger partial charge in [-0.2, -0.15) is 0 Å². The summed E-state index contributed by atoms with van der Waals surface area (Å²) < 4.78 is 0. The molecule has 0 spiro atoms. The van der Waals surface area contributed by atoms with Crippen LogP contribution in [0, 0.1) is 0 Å². The van der Waals surface area contributed by atoms with E-state index in [2.05, 4.69) is 97.7 Å². The van der Waals surface area contributed by atoms with E-state index < -0.39 is 19.0 Å². The Balaban J connectivity index is 0.000000210. The number of benzene rings is 4. The van der Waals surface area contributed by atoms with Gasteiger partial charge in [0.05, 0.1) is 12.2 Å². The molecule has 4 aromatic rings. The molecule has 0 aliphatic carbocycles. The smallest absolute Gasteiger partial charge is 0.335 e. The maximum atomic E-state index is 10.6. The number of hydrogen-bond donors (Lipinski definition) is 2. The van der Waals surface area contributed by atoms with Crippen LogP contribution in [0.5, 0.6) is 11.5 Å². The third kappa shape index (κ3) is 5.30. The first kappa shape index (κ1) is 22.1. The average molecular weight is 430 g/mol. The molecule has 0 bridgehead atoms. The second kappa shape index (κ2) is 9.92. The highest BCUT2D eigenvalue weighted by Crippen LogP contribution is 2.51. The largest absolute Gasteiger partial charge is 0.872 e. The maximum Gasteiger partial charge on any atom is 0.335 e. The summed E-state index contributed by atoms with van der Waals surface area (Å²) in [5.74, 6) is -2.06. The molecule has 0 heterocycles. The first-order valence-electron chi connectivity index (χ1n) is 9.69. The summed E-state index contributed by atoms with van der Waals surface area (Å²) in [5.41, 5.74) is -0.199. The van der Waals surface area contributed by atoms with E-state index in [9.17, 15) is 9.90 Å². The van der Waals surface area contributed by atoms with Gasteiger partial charge in [-0.1, -0.05) is 60.7 Å². The Labute approximate surface area is 182 Å². The lowest BCUT2D eigenvalue weighted by Gasteiger charge is -2.22. The zero-order chi connectivity index (χ0) is 22.3.